The van der Waals surface area contributed by atoms with Crippen molar-refractivity contribution in [3.05, 3.63) is 77.3 Å². The lowest BCUT2D eigenvalue weighted by atomic mass is 10.0. The van der Waals surface area contributed by atoms with Crippen molar-refractivity contribution in [2.24, 2.45) is 0 Å². The molecule has 0 spiro atoms. The van der Waals surface area contributed by atoms with Crippen LogP contribution in [-0.4, -0.2) is 21.0 Å². The van der Waals surface area contributed by atoms with E-state index >= 15 is 0 Å². The van der Waals surface area contributed by atoms with E-state index in [0.717, 1.165) is 40.7 Å². The molecular weight excluding hydrogens is 402 g/mol. The van der Waals surface area contributed by atoms with Gasteiger partial charge >= 0.3 is 0 Å². The molecule has 0 bridgehead atoms. The molecule has 2 fully saturated rings. The first-order valence-corrected chi connectivity index (χ1v) is 10.8. The Morgan fingerprint density at radius 2 is 1.83 bits per heavy atom. The molecule has 3 heterocycles. The van der Waals surface area contributed by atoms with Crippen molar-refractivity contribution in [2.75, 3.05) is 0 Å². The molecule has 148 valence electrons. The number of furan rings is 1. The maximum Gasteiger partial charge on any atom is 0.170 e. The molecule has 1 aliphatic carbocycles. The molecule has 29 heavy (non-hydrogen) atoms. The summed E-state index contributed by atoms with van der Waals surface area (Å²) >= 11 is 11.8. The summed E-state index contributed by atoms with van der Waals surface area (Å²) in [4.78, 5) is 6.95. The topological polar surface area (TPSA) is 41.3 Å². The summed E-state index contributed by atoms with van der Waals surface area (Å²) in [5, 5.41) is 5.03. The minimum absolute atomic E-state index is 0.0125. The van der Waals surface area contributed by atoms with E-state index in [4.69, 9.17) is 28.2 Å². The van der Waals surface area contributed by atoms with Crippen molar-refractivity contribution >= 4 is 28.9 Å². The van der Waals surface area contributed by atoms with Crippen molar-refractivity contribution in [1.82, 2.24) is 15.2 Å². The Morgan fingerprint density at radius 1 is 1.03 bits per heavy atom. The van der Waals surface area contributed by atoms with Crippen molar-refractivity contribution in [1.29, 1.82) is 0 Å². The second kappa shape index (κ2) is 7.81. The summed E-state index contributed by atoms with van der Waals surface area (Å²) in [5.74, 6) is 1.74. The highest BCUT2D eigenvalue weighted by Crippen LogP contribution is 2.44. The predicted molar refractivity (Wildman–Crippen MR) is 119 cm³/mol. The second-order valence-corrected chi connectivity index (χ2v) is 8.50. The smallest absolute Gasteiger partial charge is 0.170 e. The summed E-state index contributed by atoms with van der Waals surface area (Å²) in [6, 6.07) is 18.2. The molecule has 1 saturated heterocycles. The molecule has 3 aromatic rings. The van der Waals surface area contributed by atoms with Gasteiger partial charge in [-0.25, -0.2) is 0 Å². The van der Waals surface area contributed by atoms with Gasteiger partial charge in [-0.15, -0.1) is 0 Å². The number of nitrogens with one attached hydrogen (secondary N) is 1. The fourth-order valence-electron chi connectivity index (χ4n) is 4.53. The lowest BCUT2D eigenvalue weighted by molar-refractivity contribution is 0.218. The van der Waals surface area contributed by atoms with Crippen molar-refractivity contribution in [2.45, 2.75) is 43.8 Å². The zero-order chi connectivity index (χ0) is 19.8. The van der Waals surface area contributed by atoms with Crippen LogP contribution in [0.25, 0.3) is 11.3 Å². The van der Waals surface area contributed by atoms with E-state index in [1.807, 2.05) is 48.7 Å². The van der Waals surface area contributed by atoms with E-state index in [1.54, 1.807) is 0 Å². The third kappa shape index (κ3) is 3.53. The Balaban J connectivity index is 1.54. The van der Waals surface area contributed by atoms with Gasteiger partial charge in [0, 0.05) is 22.8 Å². The number of hydrogen-bond donors (Lipinski definition) is 1. The predicted octanol–water partition coefficient (Wildman–Crippen LogP) is 5.91. The lowest BCUT2D eigenvalue weighted by Gasteiger charge is -2.31. The van der Waals surface area contributed by atoms with Gasteiger partial charge in [-0.05, 0) is 73.6 Å². The second-order valence-electron chi connectivity index (χ2n) is 7.68. The van der Waals surface area contributed by atoms with Crippen molar-refractivity contribution in [3.8, 4) is 11.3 Å². The Labute approximate surface area is 180 Å². The van der Waals surface area contributed by atoms with Crippen molar-refractivity contribution in [3.63, 3.8) is 0 Å². The molecule has 2 unspecified atom stereocenters. The van der Waals surface area contributed by atoms with Gasteiger partial charge in [0.15, 0.2) is 5.11 Å². The maximum absolute atomic E-state index is 6.37. The minimum Gasteiger partial charge on any atom is -0.459 e. The van der Waals surface area contributed by atoms with Gasteiger partial charge in [-0.3, -0.25) is 4.98 Å². The summed E-state index contributed by atoms with van der Waals surface area (Å²) in [5.41, 5.74) is 1.99. The van der Waals surface area contributed by atoms with Crippen LogP contribution in [0.15, 0.2) is 65.2 Å². The molecule has 0 amide bonds. The highest BCUT2D eigenvalue weighted by Gasteiger charge is 2.45. The van der Waals surface area contributed by atoms with Crippen LogP contribution >= 0.6 is 23.8 Å². The number of hydrogen-bond acceptors (Lipinski definition) is 3. The van der Waals surface area contributed by atoms with E-state index in [0.29, 0.717) is 11.1 Å². The molecular formula is C23H22ClN3OS. The maximum atomic E-state index is 6.37. The lowest BCUT2D eigenvalue weighted by Crippen LogP contribution is -2.37. The summed E-state index contributed by atoms with van der Waals surface area (Å²) in [7, 11) is 0. The van der Waals surface area contributed by atoms with Gasteiger partial charge in [0.05, 0.1) is 11.7 Å². The molecule has 1 N–H and O–H groups in total. The molecule has 1 aromatic carbocycles. The molecule has 5 rings (SSSR count). The summed E-state index contributed by atoms with van der Waals surface area (Å²) in [6.45, 7) is 0. The minimum atomic E-state index is -0.0338. The van der Waals surface area contributed by atoms with Gasteiger partial charge in [-0.1, -0.05) is 30.5 Å². The molecule has 2 aliphatic rings. The number of benzene rings is 1. The summed E-state index contributed by atoms with van der Waals surface area (Å²) < 4.78 is 6.37. The first-order chi connectivity index (χ1) is 14.2. The highest BCUT2D eigenvalue weighted by atomic mass is 35.5. The van der Waals surface area contributed by atoms with E-state index in [9.17, 15) is 0 Å². The van der Waals surface area contributed by atoms with Crippen LogP contribution in [0.1, 0.15) is 49.2 Å². The molecule has 1 saturated carbocycles. The van der Waals surface area contributed by atoms with Crippen LogP contribution in [0, 0.1) is 0 Å². The largest absolute Gasteiger partial charge is 0.459 e. The van der Waals surface area contributed by atoms with Gasteiger partial charge in [0.1, 0.15) is 17.6 Å². The first-order valence-electron chi connectivity index (χ1n) is 10.1. The Bertz CT molecular complexity index is 998. The summed E-state index contributed by atoms with van der Waals surface area (Å²) in [6.07, 6.45) is 6.66. The molecule has 0 radical (unpaired) electrons. The van der Waals surface area contributed by atoms with E-state index in [2.05, 4.69) is 27.3 Å². The zero-order valence-electron chi connectivity index (χ0n) is 15.9. The molecule has 4 nitrogen and oxygen atoms in total. The number of pyridine rings is 1. The standard InChI is InChI=1S/C23H22ClN3OS/c24-16-10-8-15(9-11-16)19-12-13-20(28-19)22-21(18-7-3-4-14-25-18)26-23(29)27(22)17-5-1-2-6-17/h3-4,7-14,17,21-22H,1-2,5-6H2,(H,26,29). The van der Waals surface area contributed by atoms with Crippen LogP contribution in [-0.2, 0) is 0 Å². The Morgan fingerprint density at radius 3 is 2.55 bits per heavy atom. The van der Waals surface area contributed by atoms with Gasteiger partial charge in [-0.2, -0.15) is 0 Å². The van der Waals surface area contributed by atoms with E-state index in [1.165, 1.54) is 12.8 Å². The average molecular weight is 424 g/mol. The molecule has 2 atom stereocenters. The van der Waals surface area contributed by atoms with Gasteiger partial charge < -0.3 is 14.6 Å². The number of halogens is 1. The van der Waals surface area contributed by atoms with Crippen LogP contribution in [0.2, 0.25) is 5.02 Å². The SMILES string of the molecule is S=C1NC(c2ccccn2)C(c2ccc(-c3ccc(Cl)cc3)o2)N1C1CCCC1. The zero-order valence-corrected chi connectivity index (χ0v) is 17.5. The average Bonchev–Trinajstić information content (AvgIpc) is 3.48. The quantitative estimate of drug-likeness (QED) is 0.528. The third-order valence-electron chi connectivity index (χ3n) is 5.90. The highest BCUT2D eigenvalue weighted by molar-refractivity contribution is 7.80. The van der Waals surface area contributed by atoms with E-state index in [-0.39, 0.29) is 12.1 Å². The Kier molecular flexibility index (Phi) is 5.02. The molecule has 2 aromatic heterocycles. The monoisotopic (exact) mass is 423 g/mol. The normalized spacial score (nSPS) is 22.2. The fraction of sp³-hybridized carbons (Fsp3) is 0.304. The number of thiocarbonyl (C=S) groups is 1. The van der Waals surface area contributed by atoms with Crippen LogP contribution in [0.4, 0.5) is 0 Å². The fourth-order valence-corrected chi connectivity index (χ4v) is 5.04. The first kappa shape index (κ1) is 18.6. The third-order valence-corrected chi connectivity index (χ3v) is 6.48. The van der Waals surface area contributed by atoms with Crippen LogP contribution < -0.4 is 5.32 Å². The van der Waals surface area contributed by atoms with Crippen LogP contribution in [0.3, 0.4) is 0 Å². The van der Waals surface area contributed by atoms with Crippen molar-refractivity contribution < 1.29 is 4.42 Å². The number of aromatic nitrogens is 1. The molecule has 6 heteroatoms. The number of rotatable bonds is 4. The van der Waals surface area contributed by atoms with Gasteiger partial charge in [0.2, 0.25) is 0 Å². The van der Waals surface area contributed by atoms with Crippen LogP contribution in [0.5, 0.6) is 0 Å². The van der Waals surface area contributed by atoms with Gasteiger partial charge in [0.25, 0.3) is 0 Å². The van der Waals surface area contributed by atoms with E-state index < -0.39 is 0 Å². The number of nitrogens with zero attached hydrogens (tertiary/aromatic N) is 2. The molecule has 1 aliphatic heterocycles. The Hall–Kier alpha value is -2.37.